The van der Waals surface area contributed by atoms with E-state index >= 15 is 0 Å². The molecule has 0 radical (unpaired) electrons. The smallest absolute Gasteiger partial charge is 0.244 e. The van der Waals surface area contributed by atoms with Gasteiger partial charge in [0, 0.05) is 18.7 Å². The molecular formula is C28H39N3O6S. The lowest BCUT2D eigenvalue weighted by molar-refractivity contribution is -0.140. The minimum atomic E-state index is -3.85. The van der Waals surface area contributed by atoms with Gasteiger partial charge < -0.3 is 19.7 Å². The molecule has 1 atom stereocenters. The van der Waals surface area contributed by atoms with E-state index in [0.29, 0.717) is 17.9 Å². The van der Waals surface area contributed by atoms with Crippen LogP contribution in [0.3, 0.4) is 0 Å². The number of hydrogen-bond donors (Lipinski definition) is 1. The summed E-state index contributed by atoms with van der Waals surface area (Å²) < 4.78 is 37.4. The molecule has 1 N–H and O–H groups in total. The van der Waals surface area contributed by atoms with Crippen molar-refractivity contribution >= 4 is 27.5 Å². The van der Waals surface area contributed by atoms with Gasteiger partial charge in [0.05, 0.1) is 26.2 Å². The van der Waals surface area contributed by atoms with E-state index in [9.17, 15) is 18.0 Å². The van der Waals surface area contributed by atoms with Crippen LogP contribution in [0.5, 0.6) is 11.5 Å². The molecule has 0 heterocycles. The van der Waals surface area contributed by atoms with E-state index in [4.69, 9.17) is 9.47 Å². The lowest BCUT2D eigenvalue weighted by atomic mass is 10.1. The Labute approximate surface area is 226 Å². The standard InChI is InChI=1S/C28H39N3O6S/c1-6-24(28(33)29-22-13-9-10-14-22)30(18-21-12-8-7-11-20(21)2)27(32)19-31(38(5,34)35)23-15-16-25(36-3)26(17-23)37-4/h7-8,11-12,15-17,22,24H,6,9-10,13-14,18-19H2,1-5H3,(H,29,33). The van der Waals surface area contributed by atoms with Crippen molar-refractivity contribution in [3.8, 4) is 11.5 Å². The quantitative estimate of drug-likeness (QED) is 0.437. The van der Waals surface area contributed by atoms with Crippen LogP contribution in [-0.2, 0) is 26.2 Å². The number of carbonyl (C=O) groups excluding carboxylic acids is 2. The average molecular weight is 546 g/mol. The molecule has 2 amide bonds. The number of benzene rings is 2. The van der Waals surface area contributed by atoms with Gasteiger partial charge >= 0.3 is 0 Å². The Balaban J connectivity index is 1.96. The molecule has 208 valence electrons. The molecule has 0 spiro atoms. The van der Waals surface area contributed by atoms with Gasteiger partial charge in [0.1, 0.15) is 12.6 Å². The monoisotopic (exact) mass is 545 g/mol. The summed E-state index contributed by atoms with van der Waals surface area (Å²) in [6.45, 7) is 3.53. The Bertz CT molecular complexity index is 1230. The first-order chi connectivity index (χ1) is 18.1. The highest BCUT2D eigenvalue weighted by Crippen LogP contribution is 2.32. The van der Waals surface area contributed by atoms with Gasteiger partial charge in [0.25, 0.3) is 0 Å². The van der Waals surface area contributed by atoms with Crippen molar-refractivity contribution in [1.29, 1.82) is 0 Å². The molecule has 9 nitrogen and oxygen atoms in total. The largest absolute Gasteiger partial charge is 0.493 e. The zero-order chi connectivity index (χ0) is 27.9. The van der Waals surface area contributed by atoms with Gasteiger partial charge in [0.15, 0.2) is 11.5 Å². The molecule has 0 bridgehead atoms. The number of nitrogens with one attached hydrogen (secondary N) is 1. The molecule has 38 heavy (non-hydrogen) atoms. The second-order valence-electron chi connectivity index (χ2n) is 9.67. The van der Waals surface area contributed by atoms with Crippen LogP contribution in [0.15, 0.2) is 42.5 Å². The van der Waals surface area contributed by atoms with E-state index in [-0.39, 0.29) is 24.2 Å². The lowest BCUT2D eigenvalue weighted by Crippen LogP contribution is -2.53. The van der Waals surface area contributed by atoms with E-state index in [0.717, 1.165) is 47.4 Å². The molecule has 1 aliphatic carbocycles. The number of ether oxygens (including phenoxy) is 2. The maximum absolute atomic E-state index is 13.9. The predicted molar refractivity (Wildman–Crippen MR) is 148 cm³/mol. The topological polar surface area (TPSA) is 105 Å². The summed E-state index contributed by atoms with van der Waals surface area (Å²) in [4.78, 5) is 28.8. The Morgan fingerprint density at radius 3 is 2.29 bits per heavy atom. The van der Waals surface area contributed by atoms with E-state index in [1.54, 1.807) is 12.1 Å². The van der Waals surface area contributed by atoms with Crippen LogP contribution in [0.2, 0.25) is 0 Å². The van der Waals surface area contributed by atoms with Crippen LogP contribution >= 0.6 is 0 Å². The number of nitrogens with zero attached hydrogens (tertiary/aromatic N) is 2. The van der Waals surface area contributed by atoms with Crippen molar-refractivity contribution in [3.63, 3.8) is 0 Å². The first kappa shape index (κ1) is 29.3. The van der Waals surface area contributed by atoms with Gasteiger partial charge in [-0.15, -0.1) is 0 Å². The molecule has 2 aromatic rings. The van der Waals surface area contributed by atoms with E-state index < -0.39 is 28.5 Å². The summed E-state index contributed by atoms with van der Waals surface area (Å²) in [5.41, 5.74) is 2.14. The molecule has 1 saturated carbocycles. The summed E-state index contributed by atoms with van der Waals surface area (Å²) in [7, 11) is -0.913. The van der Waals surface area contributed by atoms with Gasteiger partial charge in [-0.1, -0.05) is 44.0 Å². The molecule has 10 heteroatoms. The Morgan fingerprint density at radius 2 is 1.71 bits per heavy atom. The lowest BCUT2D eigenvalue weighted by Gasteiger charge is -2.33. The fourth-order valence-corrected chi connectivity index (χ4v) is 5.69. The first-order valence-corrected chi connectivity index (χ1v) is 14.8. The number of sulfonamides is 1. The summed E-state index contributed by atoms with van der Waals surface area (Å²) in [5, 5.41) is 3.11. The Morgan fingerprint density at radius 1 is 1.05 bits per heavy atom. The van der Waals surface area contributed by atoms with Crippen molar-refractivity contribution in [1.82, 2.24) is 10.2 Å². The minimum Gasteiger partial charge on any atom is -0.493 e. The Hall–Kier alpha value is -3.27. The summed E-state index contributed by atoms with van der Waals surface area (Å²) in [6.07, 6.45) is 5.44. The van der Waals surface area contributed by atoms with Crippen molar-refractivity contribution < 1.29 is 27.5 Å². The summed E-state index contributed by atoms with van der Waals surface area (Å²) in [6, 6.07) is 11.7. The van der Waals surface area contributed by atoms with Crippen LogP contribution in [0.25, 0.3) is 0 Å². The average Bonchev–Trinajstić information content (AvgIpc) is 3.40. The van der Waals surface area contributed by atoms with E-state index in [1.165, 1.54) is 25.2 Å². The zero-order valence-electron chi connectivity index (χ0n) is 22.9. The van der Waals surface area contributed by atoms with Crippen molar-refractivity contribution in [3.05, 3.63) is 53.6 Å². The molecule has 1 unspecified atom stereocenters. The molecule has 0 aliphatic heterocycles. The molecule has 3 rings (SSSR count). The van der Waals surface area contributed by atoms with Crippen molar-refractivity contribution in [2.24, 2.45) is 0 Å². The number of anilines is 1. The molecule has 0 aromatic heterocycles. The van der Waals surface area contributed by atoms with Gasteiger partial charge in [-0.3, -0.25) is 13.9 Å². The van der Waals surface area contributed by atoms with Crippen molar-refractivity contribution in [2.45, 2.75) is 64.6 Å². The Kier molecular flexibility index (Phi) is 10.0. The fraction of sp³-hybridized carbons (Fsp3) is 0.500. The maximum atomic E-state index is 13.9. The molecule has 2 aromatic carbocycles. The van der Waals surface area contributed by atoms with Crippen LogP contribution in [-0.4, -0.2) is 64.2 Å². The maximum Gasteiger partial charge on any atom is 0.244 e. The van der Waals surface area contributed by atoms with Crippen LogP contribution in [0.1, 0.15) is 50.2 Å². The third kappa shape index (κ3) is 7.18. The third-order valence-corrected chi connectivity index (χ3v) is 8.16. The minimum absolute atomic E-state index is 0.103. The number of aryl methyl sites for hydroxylation is 1. The van der Waals surface area contributed by atoms with Crippen LogP contribution < -0.4 is 19.1 Å². The zero-order valence-corrected chi connectivity index (χ0v) is 23.7. The van der Waals surface area contributed by atoms with Gasteiger partial charge in [0.2, 0.25) is 21.8 Å². The van der Waals surface area contributed by atoms with Crippen molar-refractivity contribution in [2.75, 3.05) is 31.3 Å². The van der Waals surface area contributed by atoms with Crippen LogP contribution in [0, 0.1) is 6.92 Å². The number of rotatable bonds is 12. The number of methoxy groups -OCH3 is 2. The third-order valence-electron chi connectivity index (χ3n) is 7.02. The molecule has 0 saturated heterocycles. The number of amides is 2. The van der Waals surface area contributed by atoms with Crippen LogP contribution in [0.4, 0.5) is 5.69 Å². The highest BCUT2D eigenvalue weighted by Gasteiger charge is 2.33. The second kappa shape index (κ2) is 13.0. The highest BCUT2D eigenvalue weighted by molar-refractivity contribution is 7.92. The summed E-state index contributed by atoms with van der Waals surface area (Å²) >= 11 is 0. The predicted octanol–water partition coefficient (Wildman–Crippen LogP) is 3.64. The van der Waals surface area contributed by atoms with Gasteiger partial charge in [-0.2, -0.15) is 0 Å². The SMILES string of the molecule is CCC(C(=O)NC1CCCC1)N(Cc1ccccc1C)C(=O)CN(c1ccc(OC)c(OC)c1)S(C)(=O)=O. The van der Waals surface area contributed by atoms with Gasteiger partial charge in [-0.05, 0) is 49.4 Å². The summed E-state index contributed by atoms with van der Waals surface area (Å²) in [5.74, 6) is 0.0947. The second-order valence-corrected chi connectivity index (χ2v) is 11.6. The molecule has 1 aliphatic rings. The van der Waals surface area contributed by atoms with E-state index in [1.807, 2.05) is 38.1 Å². The fourth-order valence-electron chi connectivity index (χ4n) is 4.85. The number of hydrogen-bond acceptors (Lipinski definition) is 6. The van der Waals surface area contributed by atoms with E-state index in [2.05, 4.69) is 5.32 Å². The van der Waals surface area contributed by atoms with Gasteiger partial charge in [-0.25, -0.2) is 8.42 Å². The normalized spacial score (nSPS) is 14.6. The molecular weight excluding hydrogens is 506 g/mol. The number of carbonyl (C=O) groups is 2. The highest BCUT2D eigenvalue weighted by atomic mass is 32.2. The molecule has 1 fully saturated rings. The first-order valence-electron chi connectivity index (χ1n) is 12.9.